The number of primary amides is 1. The Kier molecular flexibility index (Phi) is 3.93. The summed E-state index contributed by atoms with van der Waals surface area (Å²) in [6.07, 6.45) is 0. The van der Waals surface area contributed by atoms with E-state index >= 15 is 0 Å². The van der Waals surface area contributed by atoms with Gasteiger partial charge < -0.3 is 5.73 Å². The van der Waals surface area contributed by atoms with Gasteiger partial charge in [-0.1, -0.05) is 42.1 Å². The number of nitrogens with zero attached hydrogens (tertiary/aromatic N) is 4. The summed E-state index contributed by atoms with van der Waals surface area (Å²) in [6, 6.07) is 9.85. The van der Waals surface area contributed by atoms with Crippen LogP contribution in [0.2, 0.25) is 0 Å². The number of carbonyl (C=O) groups is 1. The van der Waals surface area contributed by atoms with Crippen molar-refractivity contribution in [1.82, 2.24) is 20.2 Å². The molecule has 1 amide bonds. The highest BCUT2D eigenvalue weighted by Gasteiger charge is 2.15. The zero-order valence-electron chi connectivity index (χ0n) is 9.85. The molecule has 0 fully saturated rings. The molecule has 1 atom stereocenters. The van der Waals surface area contributed by atoms with Crippen LogP contribution in [0.1, 0.15) is 12.5 Å². The Labute approximate surface area is 109 Å². The minimum Gasteiger partial charge on any atom is -0.369 e. The summed E-state index contributed by atoms with van der Waals surface area (Å²) in [6.45, 7) is 2.30. The highest BCUT2D eigenvalue weighted by atomic mass is 32.2. The van der Waals surface area contributed by atoms with Crippen molar-refractivity contribution < 1.29 is 4.79 Å². The number of amides is 1. The molecule has 18 heavy (non-hydrogen) atoms. The molecule has 0 bridgehead atoms. The maximum absolute atomic E-state index is 11.0. The van der Waals surface area contributed by atoms with E-state index in [1.165, 1.54) is 11.8 Å². The Morgan fingerprint density at radius 3 is 2.83 bits per heavy atom. The molecule has 0 saturated carbocycles. The van der Waals surface area contributed by atoms with Gasteiger partial charge in [0.1, 0.15) is 0 Å². The molecule has 2 aromatic rings. The summed E-state index contributed by atoms with van der Waals surface area (Å²) in [5.41, 5.74) is 6.31. The molecule has 2 N–H and O–H groups in total. The van der Waals surface area contributed by atoms with Crippen LogP contribution in [0.3, 0.4) is 0 Å². The summed E-state index contributed by atoms with van der Waals surface area (Å²) in [4.78, 5) is 11.0. The largest absolute Gasteiger partial charge is 0.369 e. The molecule has 0 aliphatic rings. The van der Waals surface area contributed by atoms with Gasteiger partial charge in [-0.25, -0.2) is 4.68 Å². The third-order valence-corrected chi connectivity index (χ3v) is 3.45. The number of benzene rings is 1. The lowest BCUT2D eigenvalue weighted by Gasteiger charge is -2.07. The van der Waals surface area contributed by atoms with Crippen LogP contribution in [0.15, 0.2) is 35.5 Å². The van der Waals surface area contributed by atoms with Crippen LogP contribution in [-0.4, -0.2) is 31.4 Å². The lowest BCUT2D eigenvalue weighted by molar-refractivity contribution is -0.117. The van der Waals surface area contributed by atoms with Gasteiger partial charge in [0.05, 0.1) is 11.8 Å². The van der Waals surface area contributed by atoms with Gasteiger partial charge in [0, 0.05) is 0 Å². The maximum Gasteiger partial charge on any atom is 0.230 e. The van der Waals surface area contributed by atoms with Crippen molar-refractivity contribution in [2.75, 3.05) is 0 Å². The molecular formula is C11H13N5OS. The number of tetrazole rings is 1. The minimum absolute atomic E-state index is 0.356. The first-order valence-electron chi connectivity index (χ1n) is 5.43. The molecular weight excluding hydrogens is 250 g/mol. The lowest BCUT2D eigenvalue weighted by atomic mass is 10.2. The van der Waals surface area contributed by atoms with Crippen molar-refractivity contribution in [2.45, 2.75) is 23.9 Å². The van der Waals surface area contributed by atoms with Crippen molar-refractivity contribution in [1.29, 1.82) is 0 Å². The van der Waals surface area contributed by atoms with Crippen LogP contribution < -0.4 is 5.73 Å². The van der Waals surface area contributed by atoms with Crippen molar-refractivity contribution in [3.05, 3.63) is 35.9 Å². The van der Waals surface area contributed by atoms with Crippen molar-refractivity contribution in [3.8, 4) is 0 Å². The lowest BCUT2D eigenvalue weighted by Crippen LogP contribution is -2.23. The van der Waals surface area contributed by atoms with E-state index in [2.05, 4.69) is 15.5 Å². The Hall–Kier alpha value is -1.89. The van der Waals surface area contributed by atoms with Gasteiger partial charge >= 0.3 is 0 Å². The zero-order chi connectivity index (χ0) is 13.0. The highest BCUT2D eigenvalue weighted by Crippen LogP contribution is 2.20. The first kappa shape index (κ1) is 12.6. The van der Waals surface area contributed by atoms with Gasteiger partial charge in [0.2, 0.25) is 11.1 Å². The number of hydrogen-bond donors (Lipinski definition) is 1. The number of aromatic nitrogens is 4. The fraction of sp³-hybridized carbons (Fsp3) is 0.273. The smallest absolute Gasteiger partial charge is 0.230 e. The Bertz CT molecular complexity index is 527. The van der Waals surface area contributed by atoms with Crippen LogP contribution >= 0.6 is 11.8 Å². The molecule has 0 aliphatic heterocycles. The fourth-order valence-corrected chi connectivity index (χ4v) is 2.09. The predicted molar refractivity (Wildman–Crippen MR) is 67.9 cm³/mol. The average molecular weight is 263 g/mol. The SMILES string of the molecule is CC(Sc1nnnn1Cc1ccccc1)C(N)=O. The third-order valence-electron chi connectivity index (χ3n) is 2.36. The van der Waals surface area contributed by atoms with Crippen LogP contribution in [0.25, 0.3) is 0 Å². The molecule has 6 nitrogen and oxygen atoms in total. The van der Waals surface area contributed by atoms with Crippen LogP contribution in [-0.2, 0) is 11.3 Å². The number of thioether (sulfide) groups is 1. The highest BCUT2D eigenvalue weighted by molar-refractivity contribution is 8.00. The second kappa shape index (κ2) is 5.63. The van der Waals surface area contributed by atoms with Gasteiger partial charge in [0.15, 0.2) is 0 Å². The number of rotatable bonds is 5. The van der Waals surface area contributed by atoms with E-state index in [0.29, 0.717) is 11.7 Å². The van der Waals surface area contributed by atoms with E-state index in [0.717, 1.165) is 5.56 Å². The summed E-state index contributed by atoms with van der Waals surface area (Å²) >= 11 is 1.26. The molecule has 94 valence electrons. The fourth-order valence-electron chi connectivity index (χ4n) is 1.35. The van der Waals surface area contributed by atoms with Gasteiger partial charge in [-0.3, -0.25) is 4.79 Å². The number of carbonyl (C=O) groups excluding carboxylic acids is 1. The maximum atomic E-state index is 11.0. The molecule has 0 radical (unpaired) electrons. The number of hydrogen-bond acceptors (Lipinski definition) is 5. The van der Waals surface area contributed by atoms with Crippen molar-refractivity contribution >= 4 is 17.7 Å². The van der Waals surface area contributed by atoms with Gasteiger partial charge in [0.25, 0.3) is 0 Å². The third kappa shape index (κ3) is 3.07. The van der Waals surface area contributed by atoms with Crippen molar-refractivity contribution in [3.63, 3.8) is 0 Å². The minimum atomic E-state index is -0.380. The van der Waals surface area contributed by atoms with E-state index in [4.69, 9.17) is 5.73 Å². The summed E-state index contributed by atoms with van der Waals surface area (Å²) in [5.74, 6) is -0.380. The molecule has 1 aromatic carbocycles. The Balaban J connectivity index is 2.11. The summed E-state index contributed by atoms with van der Waals surface area (Å²) in [5, 5.41) is 11.7. The predicted octanol–water partition coefficient (Wildman–Crippen LogP) is 0.687. The second-order valence-electron chi connectivity index (χ2n) is 3.77. The second-order valence-corrected chi connectivity index (χ2v) is 5.08. The topological polar surface area (TPSA) is 86.7 Å². The van der Waals surface area contributed by atoms with E-state index in [1.807, 2.05) is 30.3 Å². The summed E-state index contributed by atoms with van der Waals surface area (Å²) < 4.78 is 1.65. The Morgan fingerprint density at radius 1 is 1.44 bits per heavy atom. The molecule has 7 heteroatoms. The van der Waals surface area contributed by atoms with Gasteiger partial charge in [-0.15, -0.1) is 5.10 Å². The van der Waals surface area contributed by atoms with E-state index in [9.17, 15) is 4.79 Å². The van der Waals surface area contributed by atoms with E-state index in [1.54, 1.807) is 11.6 Å². The molecule has 0 spiro atoms. The standard InChI is InChI=1S/C11H13N5OS/c1-8(10(12)17)18-11-13-14-15-16(11)7-9-5-3-2-4-6-9/h2-6,8H,7H2,1H3,(H2,12,17). The van der Waals surface area contributed by atoms with Crippen molar-refractivity contribution in [2.24, 2.45) is 5.73 Å². The van der Waals surface area contributed by atoms with Gasteiger partial charge in [-0.2, -0.15) is 0 Å². The summed E-state index contributed by atoms with van der Waals surface area (Å²) in [7, 11) is 0. The first-order valence-corrected chi connectivity index (χ1v) is 6.31. The van der Waals surface area contributed by atoms with E-state index in [-0.39, 0.29) is 11.2 Å². The molecule has 0 aliphatic carbocycles. The zero-order valence-corrected chi connectivity index (χ0v) is 10.7. The number of nitrogens with two attached hydrogens (primary N) is 1. The quantitative estimate of drug-likeness (QED) is 0.802. The first-order chi connectivity index (χ1) is 8.66. The Morgan fingerprint density at radius 2 is 2.17 bits per heavy atom. The monoisotopic (exact) mass is 263 g/mol. The van der Waals surface area contributed by atoms with Crippen LogP contribution in [0.5, 0.6) is 0 Å². The van der Waals surface area contributed by atoms with Crippen LogP contribution in [0, 0.1) is 0 Å². The molecule has 0 saturated heterocycles. The molecule has 1 heterocycles. The average Bonchev–Trinajstić information content (AvgIpc) is 2.78. The molecule has 1 unspecified atom stereocenters. The van der Waals surface area contributed by atoms with Gasteiger partial charge in [-0.05, 0) is 22.9 Å². The normalized spacial score (nSPS) is 12.3. The van der Waals surface area contributed by atoms with E-state index < -0.39 is 0 Å². The molecule has 1 aromatic heterocycles. The van der Waals surface area contributed by atoms with Crippen LogP contribution in [0.4, 0.5) is 0 Å². The molecule has 2 rings (SSSR count).